The lowest BCUT2D eigenvalue weighted by atomic mass is 9.90. The van der Waals surface area contributed by atoms with Crippen molar-refractivity contribution in [2.45, 2.75) is 6.92 Å². The number of rotatable bonds is 5. The van der Waals surface area contributed by atoms with Gasteiger partial charge in [-0.15, -0.1) is 0 Å². The lowest BCUT2D eigenvalue weighted by Gasteiger charge is -2.18. The van der Waals surface area contributed by atoms with E-state index in [9.17, 15) is 14.7 Å². The molecule has 0 amide bonds. The molecule has 160 valence electrons. The van der Waals surface area contributed by atoms with Gasteiger partial charge in [-0.25, -0.2) is 4.79 Å². The molecule has 32 heavy (non-hydrogen) atoms. The molecular formula is C27H23NO4. The third-order valence-electron chi connectivity index (χ3n) is 5.54. The topological polar surface area (TPSA) is 70.8 Å². The molecule has 4 rings (SSSR count). The van der Waals surface area contributed by atoms with Gasteiger partial charge in [0.15, 0.2) is 5.43 Å². The van der Waals surface area contributed by atoms with Crippen LogP contribution in [0.2, 0.25) is 0 Å². The lowest BCUT2D eigenvalue weighted by Crippen LogP contribution is -2.08. The molecule has 1 N–H and O–H groups in total. The molecule has 0 aliphatic carbocycles. The van der Waals surface area contributed by atoms with Gasteiger partial charge in [0, 0.05) is 47.6 Å². The van der Waals surface area contributed by atoms with Gasteiger partial charge < -0.3 is 14.4 Å². The SMILES string of the molecule is C=C/C=C(C(=O)O)\C(=C/C)c1c2ccc(N(C)C)cc2oc2c1ccc1cc(=O)ccc12. The van der Waals surface area contributed by atoms with Crippen LogP contribution >= 0.6 is 0 Å². The summed E-state index contributed by atoms with van der Waals surface area (Å²) in [6, 6.07) is 14.4. The molecule has 0 atom stereocenters. The number of hydrogen-bond acceptors (Lipinski definition) is 4. The van der Waals surface area contributed by atoms with Gasteiger partial charge in [-0.1, -0.05) is 24.8 Å². The zero-order valence-corrected chi connectivity index (χ0v) is 18.2. The van der Waals surface area contributed by atoms with Gasteiger partial charge in [0.05, 0.1) is 5.57 Å². The van der Waals surface area contributed by atoms with E-state index in [1.165, 1.54) is 18.2 Å². The first-order chi connectivity index (χ1) is 15.3. The van der Waals surface area contributed by atoms with Crippen LogP contribution in [0.15, 0.2) is 88.1 Å². The quantitative estimate of drug-likeness (QED) is 0.190. The Bertz CT molecular complexity index is 1520. The second-order valence-electron chi connectivity index (χ2n) is 7.70. The number of benzene rings is 3. The molecule has 0 radical (unpaired) electrons. The van der Waals surface area contributed by atoms with Crippen LogP contribution in [0.1, 0.15) is 12.5 Å². The molecule has 3 aromatic carbocycles. The fourth-order valence-corrected chi connectivity index (χ4v) is 4.04. The first-order valence-corrected chi connectivity index (χ1v) is 10.2. The van der Waals surface area contributed by atoms with Gasteiger partial charge >= 0.3 is 5.97 Å². The molecule has 1 heterocycles. The average Bonchev–Trinajstić information content (AvgIpc) is 2.77. The molecule has 0 unspecified atom stereocenters. The van der Waals surface area contributed by atoms with E-state index >= 15 is 0 Å². The van der Waals surface area contributed by atoms with Crippen LogP contribution in [0.4, 0.5) is 5.69 Å². The maximum atomic E-state index is 12.1. The van der Waals surface area contributed by atoms with E-state index in [0.717, 1.165) is 32.8 Å². The van der Waals surface area contributed by atoms with Crippen molar-refractivity contribution in [2.75, 3.05) is 19.0 Å². The highest BCUT2D eigenvalue weighted by Crippen LogP contribution is 2.40. The Morgan fingerprint density at radius 1 is 1.03 bits per heavy atom. The second kappa shape index (κ2) is 8.19. The molecule has 0 aliphatic rings. The molecular weight excluding hydrogens is 402 g/mol. The number of hydrogen-bond donors (Lipinski definition) is 1. The van der Waals surface area contributed by atoms with Crippen molar-refractivity contribution in [1.82, 2.24) is 0 Å². The summed E-state index contributed by atoms with van der Waals surface area (Å²) in [6.07, 6.45) is 4.76. The number of anilines is 1. The first-order valence-electron chi connectivity index (χ1n) is 10.2. The molecule has 0 saturated heterocycles. The molecule has 0 spiro atoms. The lowest BCUT2D eigenvalue weighted by molar-refractivity contribution is -0.132. The third-order valence-corrected chi connectivity index (χ3v) is 5.54. The van der Waals surface area contributed by atoms with Gasteiger partial charge in [0.2, 0.25) is 0 Å². The van der Waals surface area contributed by atoms with E-state index in [1.54, 1.807) is 18.2 Å². The Hall–Kier alpha value is -4.12. The van der Waals surface area contributed by atoms with Crippen LogP contribution in [-0.2, 0) is 4.79 Å². The number of fused-ring (bicyclic) bond motifs is 4. The standard InChI is InChI=1S/C27H23NO4/c1-5-7-21(27(30)31)19(6-2)25-22-12-9-17(28(3)4)15-24(22)32-26-20-13-10-18(29)14-16(20)8-11-23(25)26/h5-15H,1H2,2-4H3,(H,30,31)/b19-6+,21-7+. The maximum absolute atomic E-state index is 12.1. The molecule has 0 saturated carbocycles. The predicted octanol–water partition coefficient (Wildman–Crippen LogP) is 5.77. The monoisotopic (exact) mass is 425 g/mol. The van der Waals surface area contributed by atoms with E-state index in [2.05, 4.69) is 6.58 Å². The average molecular weight is 425 g/mol. The molecule has 5 nitrogen and oxygen atoms in total. The van der Waals surface area contributed by atoms with Gasteiger partial charge in [-0.2, -0.15) is 0 Å². The van der Waals surface area contributed by atoms with E-state index < -0.39 is 5.97 Å². The van der Waals surface area contributed by atoms with Crippen LogP contribution < -0.4 is 10.3 Å². The smallest absolute Gasteiger partial charge is 0.336 e. The number of allylic oxidation sites excluding steroid dienone is 3. The number of carboxylic acids is 1. The zero-order valence-electron chi connectivity index (χ0n) is 18.2. The van der Waals surface area contributed by atoms with E-state index in [4.69, 9.17) is 4.42 Å². The Labute approximate surface area is 185 Å². The van der Waals surface area contributed by atoms with E-state index in [0.29, 0.717) is 16.7 Å². The fourth-order valence-electron chi connectivity index (χ4n) is 4.04. The van der Waals surface area contributed by atoms with Crippen molar-refractivity contribution < 1.29 is 14.3 Å². The molecule has 0 aliphatic heterocycles. The molecule has 5 heteroatoms. The van der Waals surface area contributed by atoms with Gasteiger partial charge in [-0.05, 0) is 60.4 Å². The number of carbonyl (C=O) groups is 1. The summed E-state index contributed by atoms with van der Waals surface area (Å²) in [7, 11) is 3.89. The number of carboxylic acid groups (broad SMARTS) is 1. The van der Waals surface area contributed by atoms with Gasteiger partial charge in [-0.3, -0.25) is 4.79 Å². The Morgan fingerprint density at radius 3 is 2.41 bits per heavy atom. The summed E-state index contributed by atoms with van der Waals surface area (Å²) in [5, 5.41) is 13.0. The molecule has 4 aromatic rings. The fraction of sp³-hybridized carbons (Fsp3) is 0.111. The van der Waals surface area contributed by atoms with Crippen molar-refractivity contribution in [3.05, 3.63) is 94.7 Å². The molecule has 1 aromatic heterocycles. The Morgan fingerprint density at radius 2 is 1.75 bits per heavy atom. The van der Waals surface area contributed by atoms with Crippen molar-refractivity contribution in [1.29, 1.82) is 0 Å². The summed E-state index contributed by atoms with van der Waals surface area (Å²) in [5.74, 6) is -1.04. The number of aliphatic carboxylic acids is 1. The summed E-state index contributed by atoms with van der Waals surface area (Å²) in [5.41, 5.74) is 3.57. The van der Waals surface area contributed by atoms with Crippen LogP contribution in [0.3, 0.4) is 0 Å². The van der Waals surface area contributed by atoms with Crippen molar-refractivity contribution in [2.24, 2.45) is 0 Å². The summed E-state index contributed by atoms with van der Waals surface area (Å²) in [4.78, 5) is 26.0. The molecule has 0 fully saturated rings. The normalized spacial score (nSPS) is 12.5. The van der Waals surface area contributed by atoms with Gasteiger partial charge in [0.25, 0.3) is 0 Å². The maximum Gasteiger partial charge on any atom is 0.336 e. The predicted molar refractivity (Wildman–Crippen MR) is 131 cm³/mol. The highest BCUT2D eigenvalue weighted by molar-refractivity contribution is 6.18. The summed E-state index contributed by atoms with van der Waals surface area (Å²) in [6.45, 7) is 5.49. The van der Waals surface area contributed by atoms with Crippen LogP contribution in [0.5, 0.6) is 0 Å². The minimum atomic E-state index is -1.04. The summed E-state index contributed by atoms with van der Waals surface area (Å²) < 4.78 is 6.38. The van der Waals surface area contributed by atoms with Crippen LogP contribution in [0.25, 0.3) is 38.3 Å². The van der Waals surface area contributed by atoms with Crippen molar-refractivity contribution >= 4 is 49.9 Å². The Balaban J connectivity index is 2.23. The van der Waals surface area contributed by atoms with Crippen LogP contribution in [0, 0.1) is 0 Å². The highest BCUT2D eigenvalue weighted by atomic mass is 16.4. The van der Waals surface area contributed by atoms with Crippen LogP contribution in [-0.4, -0.2) is 25.2 Å². The molecule has 0 bridgehead atoms. The third kappa shape index (κ3) is 3.48. The highest BCUT2D eigenvalue weighted by Gasteiger charge is 2.21. The van der Waals surface area contributed by atoms with Crippen molar-refractivity contribution in [3.63, 3.8) is 0 Å². The second-order valence-corrected chi connectivity index (χ2v) is 7.70. The summed E-state index contributed by atoms with van der Waals surface area (Å²) >= 11 is 0. The minimum absolute atomic E-state index is 0.0796. The largest absolute Gasteiger partial charge is 0.478 e. The Kier molecular flexibility index (Phi) is 5.41. The van der Waals surface area contributed by atoms with Gasteiger partial charge in [0.1, 0.15) is 11.2 Å². The first kappa shape index (κ1) is 21.1. The van der Waals surface area contributed by atoms with E-state index in [1.807, 2.05) is 56.3 Å². The minimum Gasteiger partial charge on any atom is -0.478 e. The van der Waals surface area contributed by atoms with Crippen molar-refractivity contribution in [3.8, 4) is 0 Å². The number of nitrogens with zero attached hydrogens (tertiary/aromatic N) is 1. The van der Waals surface area contributed by atoms with E-state index in [-0.39, 0.29) is 11.0 Å². The zero-order chi connectivity index (χ0) is 23.0.